The maximum Gasteiger partial charge on any atom is 0.338 e. The van der Waals surface area contributed by atoms with Gasteiger partial charge in [-0.05, 0) is 30.9 Å². The summed E-state index contributed by atoms with van der Waals surface area (Å²) in [5.41, 5.74) is 1.33. The van der Waals surface area contributed by atoms with E-state index in [1.54, 1.807) is 12.1 Å². The predicted octanol–water partition coefficient (Wildman–Crippen LogP) is 4.28. The van der Waals surface area contributed by atoms with Crippen molar-refractivity contribution in [2.45, 2.75) is 46.5 Å². The van der Waals surface area contributed by atoms with Gasteiger partial charge in [0.15, 0.2) is 0 Å². The van der Waals surface area contributed by atoms with Crippen LogP contribution in [0.1, 0.15) is 56.1 Å². The van der Waals surface area contributed by atoms with E-state index in [1.807, 2.05) is 0 Å². The molecule has 0 saturated heterocycles. The number of aromatic nitrogens is 1. The number of ether oxygens (including phenoxy) is 1. The van der Waals surface area contributed by atoms with Crippen molar-refractivity contribution >= 4 is 17.6 Å². The molecule has 1 rings (SSSR count). The third kappa shape index (κ3) is 5.60. The first-order chi connectivity index (χ1) is 9.06. The second-order valence-corrected chi connectivity index (χ2v) is 5.30. The quantitative estimate of drug-likeness (QED) is 0.554. The van der Waals surface area contributed by atoms with Gasteiger partial charge in [-0.2, -0.15) is 0 Å². The average Bonchev–Trinajstić information content (AvgIpc) is 2.36. The van der Waals surface area contributed by atoms with Crippen molar-refractivity contribution < 1.29 is 9.53 Å². The number of carbonyl (C=O) groups is 1. The van der Waals surface area contributed by atoms with E-state index in [1.165, 1.54) is 0 Å². The summed E-state index contributed by atoms with van der Waals surface area (Å²) in [6.45, 7) is 6.72. The van der Waals surface area contributed by atoms with E-state index >= 15 is 0 Å². The summed E-state index contributed by atoms with van der Waals surface area (Å²) < 4.78 is 5.31. The monoisotopic (exact) mass is 283 g/mol. The molecule has 1 aromatic heterocycles. The summed E-state index contributed by atoms with van der Waals surface area (Å²) in [6, 6.07) is 3.33. The van der Waals surface area contributed by atoms with Crippen LogP contribution in [0.2, 0.25) is 5.15 Å². The van der Waals surface area contributed by atoms with Gasteiger partial charge >= 0.3 is 5.97 Å². The minimum Gasteiger partial charge on any atom is -0.462 e. The smallest absolute Gasteiger partial charge is 0.338 e. The molecule has 0 saturated carbocycles. The lowest BCUT2D eigenvalue weighted by atomic mass is 10.1. The predicted molar refractivity (Wildman–Crippen MR) is 77.6 cm³/mol. The Bertz CT molecular complexity index is 421. The fourth-order valence-corrected chi connectivity index (χ4v) is 2.16. The molecule has 19 heavy (non-hydrogen) atoms. The Morgan fingerprint density at radius 1 is 1.37 bits per heavy atom. The number of halogens is 1. The van der Waals surface area contributed by atoms with Crippen LogP contribution in [-0.4, -0.2) is 17.6 Å². The first-order valence-electron chi connectivity index (χ1n) is 6.90. The number of pyridine rings is 1. The Morgan fingerprint density at radius 2 is 2.11 bits per heavy atom. The number of hydrogen-bond donors (Lipinski definition) is 0. The Hall–Kier alpha value is -1.09. The van der Waals surface area contributed by atoms with Gasteiger partial charge in [-0.1, -0.05) is 45.2 Å². The van der Waals surface area contributed by atoms with Crippen molar-refractivity contribution in [1.29, 1.82) is 0 Å². The maximum absolute atomic E-state index is 12.0. The van der Waals surface area contributed by atoms with E-state index in [2.05, 4.69) is 25.8 Å². The molecule has 1 heterocycles. The molecular weight excluding hydrogens is 262 g/mol. The molecule has 0 bridgehead atoms. The molecule has 0 N–H and O–H groups in total. The lowest BCUT2D eigenvalue weighted by Gasteiger charge is -2.11. The second-order valence-electron chi connectivity index (χ2n) is 4.91. The van der Waals surface area contributed by atoms with E-state index in [4.69, 9.17) is 16.3 Å². The molecule has 0 spiro atoms. The average molecular weight is 284 g/mol. The van der Waals surface area contributed by atoms with Crippen LogP contribution in [0.4, 0.5) is 0 Å². The van der Waals surface area contributed by atoms with Gasteiger partial charge in [-0.25, -0.2) is 9.78 Å². The third-order valence-corrected chi connectivity index (χ3v) is 3.06. The van der Waals surface area contributed by atoms with Crippen molar-refractivity contribution in [3.8, 4) is 0 Å². The zero-order valence-electron chi connectivity index (χ0n) is 11.9. The van der Waals surface area contributed by atoms with Crippen molar-refractivity contribution in [3.05, 3.63) is 28.5 Å². The normalized spacial score (nSPS) is 12.2. The molecule has 0 radical (unpaired) electrons. The molecule has 1 aromatic rings. The number of hydrogen-bond acceptors (Lipinski definition) is 3. The fraction of sp³-hybridized carbons (Fsp3) is 0.600. The molecule has 106 valence electrons. The van der Waals surface area contributed by atoms with Crippen LogP contribution in [0.25, 0.3) is 0 Å². The van der Waals surface area contributed by atoms with Crippen LogP contribution >= 0.6 is 11.6 Å². The molecule has 0 fully saturated rings. The second kappa shape index (κ2) is 8.16. The molecule has 0 aliphatic heterocycles. The summed E-state index contributed by atoms with van der Waals surface area (Å²) in [5, 5.41) is 0.347. The minimum atomic E-state index is -0.315. The topological polar surface area (TPSA) is 39.2 Å². The van der Waals surface area contributed by atoms with Gasteiger partial charge in [-0.15, -0.1) is 0 Å². The third-order valence-electron chi connectivity index (χ3n) is 2.87. The van der Waals surface area contributed by atoms with Gasteiger partial charge in [0.2, 0.25) is 0 Å². The highest BCUT2D eigenvalue weighted by molar-refractivity contribution is 6.29. The Morgan fingerprint density at radius 3 is 2.74 bits per heavy atom. The van der Waals surface area contributed by atoms with Crippen LogP contribution in [0, 0.1) is 5.92 Å². The molecule has 0 aliphatic rings. The van der Waals surface area contributed by atoms with E-state index in [9.17, 15) is 4.79 Å². The molecule has 1 atom stereocenters. The van der Waals surface area contributed by atoms with E-state index in [-0.39, 0.29) is 5.97 Å². The van der Waals surface area contributed by atoms with Crippen LogP contribution in [0.3, 0.4) is 0 Å². The number of aryl methyl sites for hydroxylation is 1. The Kier molecular flexibility index (Phi) is 6.85. The molecule has 0 aliphatic carbocycles. The highest BCUT2D eigenvalue weighted by Gasteiger charge is 2.12. The molecular formula is C15H22ClNO2. The van der Waals surface area contributed by atoms with Crippen LogP contribution in [0.5, 0.6) is 0 Å². The van der Waals surface area contributed by atoms with Gasteiger partial charge in [0, 0.05) is 5.69 Å². The molecule has 1 unspecified atom stereocenters. The maximum atomic E-state index is 12.0. The molecule has 3 nitrogen and oxygen atoms in total. The van der Waals surface area contributed by atoms with Gasteiger partial charge in [0.05, 0.1) is 12.2 Å². The Labute approximate surface area is 120 Å². The number of esters is 1. The largest absolute Gasteiger partial charge is 0.462 e. The lowest BCUT2D eigenvalue weighted by molar-refractivity contribution is 0.0443. The zero-order valence-corrected chi connectivity index (χ0v) is 12.7. The minimum absolute atomic E-state index is 0.315. The summed E-state index contributed by atoms with van der Waals surface area (Å²) >= 11 is 5.92. The van der Waals surface area contributed by atoms with Crippen molar-refractivity contribution in [2.75, 3.05) is 6.61 Å². The first-order valence-corrected chi connectivity index (χ1v) is 7.28. The van der Waals surface area contributed by atoms with Crippen molar-refractivity contribution in [3.63, 3.8) is 0 Å². The van der Waals surface area contributed by atoms with Crippen molar-refractivity contribution in [1.82, 2.24) is 4.98 Å². The first kappa shape index (κ1) is 16.0. The van der Waals surface area contributed by atoms with Gasteiger partial charge in [0.1, 0.15) is 5.15 Å². The van der Waals surface area contributed by atoms with E-state index in [0.717, 1.165) is 31.4 Å². The number of carbonyl (C=O) groups excluding carboxylic acids is 1. The summed E-state index contributed by atoms with van der Waals surface area (Å²) in [7, 11) is 0. The number of rotatable bonds is 7. The lowest BCUT2D eigenvalue weighted by Crippen LogP contribution is -2.12. The number of nitrogens with zero attached hydrogens (tertiary/aromatic N) is 1. The molecule has 4 heteroatoms. The van der Waals surface area contributed by atoms with Gasteiger partial charge in [-0.3, -0.25) is 0 Å². The molecule has 0 aromatic carbocycles. The van der Waals surface area contributed by atoms with Crippen LogP contribution in [0.15, 0.2) is 12.1 Å². The highest BCUT2D eigenvalue weighted by Crippen LogP contribution is 2.14. The SMILES string of the molecule is CCCc1cc(C(=O)OCC(C)CCC)cc(Cl)n1. The fourth-order valence-electron chi connectivity index (χ4n) is 1.93. The molecule has 0 amide bonds. The van der Waals surface area contributed by atoms with E-state index < -0.39 is 0 Å². The summed E-state index contributed by atoms with van der Waals surface area (Å²) in [4.78, 5) is 16.1. The standard InChI is InChI=1S/C15H22ClNO2/c1-4-6-11(3)10-19-15(18)12-8-13(7-5-2)17-14(16)9-12/h8-9,11H,4-7,10H2,1-3H3. The van der Waals surface area contributed by atoms with Gasteiger partial charge < -0.3 is 4.74 Å². The summed E-state index contributed by atoms with van der Waals surface area (Å²) in [6.07, 6.45) is 3.94. The zero-order chi connectivity index (χ0) is 14.3. The van der Waals surface area contributed by atoms with Crippen LogP contribution in [-0.2, 0) is 11.2 Å². The van der Waals surface area contributed by atoms with Crippen molar-refractivity contribution in [2.24, 2.45) is 5.92 Å². The van der Waals surface area contributed by atoms with E-state index in [0.29, 0.717) is 23.2 Å². The highest BCUT2D eigenvalue weighted by atomic mass is 35.5. The summed E-state index contributed by atoms with van der Waals surface area (Å²) in [5.74, 6) is 0.0750. The van der Waals surface area contributed by atoms with Gasteiger partial charge in [0.25, 0.3) is 0 Å². The Balaban J connectivity index is 2.65. The van der Waals surface area contributed by atoms with Crippen LogP contribution < -0.4 is 0 Å².